The Bertz CT molecular complexity index is 806. The number of nitrogens with two attached hydrogens (primary N) is 1. The van der Waals surface area contributed by atoms with Crippen LogP contribution in [0.1, 0.15) is 15.9 Å². The number of para-hydroxylation sites is 1. The number of sulfonamides is 1. The van der Waals surface area contributed by atoms with Crippen molar-refractivity contribution in [3.8, 4) is 5.75 Å². The van der Waals surface area contributed by atoms with Crippen LogP contribution in [-0.4, -0.2) is 27.0 Å². The van der Waals surface area contributed by atoms with Crippen molar-refractivity contribution >= 4 is 15.9 Å². The van der Waals surface area contributed by atoms with Crippen LogP contribution in [0.2, 0.25) is 0 Å². The number of rotatable bonds is 4. The maximum absolute atomic E-state index is 12.1. The Hall–Kier alpha value is -2.38. The molecule has 3 N–H and O–H groups in total. The molecule has 1 amide bonds. The van der Waals surface area contributed by atoms with Crippen LogP contribution in [-0.2, 0) is 16.4 Å². The molecule has 6 nitrogen and oxygen atoms in total. The molecule has 1 aliphatic heterocycles. The maximum Gasteiger partial charge on any atom is 0.251 e. The van der Waals surface area contributed by atoms with E-state index in [4.69, 9.17) is 9.88 Å². The normalized spacial score (nSPS) is 16.5. The Labute approximate surface area is 134 Å². The van der Waals surface area contributed by atoms with E-state index in [1.54, 1.807) is 0 Å². The number of hydrogen-bond acceptors (Lipinski definition) is 4. The Morgan fingerprint density at radius 2 is 1.87 bits per heavy atom. The van der Waals surface area contributed by atoms with Crippen molar-refractivity contribution in [3.63, 3.8) is 0 Å². The van der Waals surface area contributed by atoms with E-state index in [-0.39, 0.29) is 16.9 Å². The summed E-state index contributed by atoms with van der Waals surface area (Å²) >= 11 is 0. The number of carbonyl (C=O) groups excluding carboxylic acids is 1. The van der Waals surface area contributed by atoms with Gasteiger partial charge in [0, 0.05) is 12.0 Å². The van der Waals surface area contributed by atoms with Crippen LogP contribution in [0.5, 0.6) is 5.75 Å². The first kappa shape index (κ1) is 15.5. The molecule has 2 aromatic rings. The molecule has 1 atom stereocenters. The zero-order valence-electron chi connectivity index (χ0n) is 12.2. The molecule has 3 rings (SSSR count). The van der Waals surface area contributed by atoms with Crippen LogP contribution in [0.15, 0.2) is 53.4 Å². The van der Waals surface area contributed by atoms with E-state index in [0.29, 0.717) is 12.1 Å². The molecule has 0 radical (unpaired) electrons. The third kappa shape index (κ3) is 3.52. The van der Waals surface area contributed by atoms with Gasteiger partial charge in [0.15, 0.2) is 0 Å². The van der Waals surface area contributed by atoms with Crippen molar-refractivity contribution < 1.29 is 17.9 Å². The summed E-state index contributed by atoms with van der Waals surface area (Å²) in [6, 6.07) is 13.3. The lowest BCUT2D eigenvalue weighted by molar-refractivity contribution is 0.0933. The van der Waals surface area contributed by atoms with Gasteiger partial charge in [-0.05, 0) is 35.9 Å². The fourth-order valence-electron chi connectivity index (χ4n) is 2.47. The lowest BCUT2D eigenvalue weighted by Crippen LogP contribution is -2.34. The molecule has 2 aromatic carbocycles. The average molecular weight is 332 g/mol. The summed E-state index contributed by atoms with van der Waals surface area (Å²) in [5, 5.41) is 7.81. The van der Waals surface area contributed by atoms with Gasteiger partial charge in [-0.15, -0.1) is 0 Å². The van der Waals surface area contributed by atoms with Crippen molar-refractivity contribution in [2.24, 2.45) is 5.14 Å². The van der Waals surface area contributed by atoms with E-state index in [0.717, 1.165) is 17.7 Å². The van der Waals surface area contributed by atoms with E-state index in [1.165, 1.54) is 24.3 Å². The molecule has 1 aliphatic rings. The van der Waals surface area contributed by atoms with Crippen LogP contribution in [0.4, 0.5) is 0 Å². The first-order chi connectivity index (χ1) is 10.9. The number of benzene rings is 2. The van der Waals surface area contributed by atoms with Crippen LogP contribution in [0.25, 0.3) is 0 Å². The molecule has 0 fully saturated rings. The number of amides is 1. The van der Waals surface area contributed by atoms with E-state index in [2.05, 4.69) is 5.32 Å². The lowest BCUT2D eigenvalue weighted by atomic mass is 10.1. The molecule has 1 heterocycles. The number of fused-ring (bicyclic) bond motifs is 1. The number of primary sulfonamides is 1. The Morgan fingerprint density at radius 3 is 2.52 bits per heavy atom. The standard InChI is InChI=1S/C16H16N2O4S/c17-23(20,21)14-7-5-11(6-8-14)16(19)18-10-13-9-12-3-1-2-4-15(12)22-13/h1-8,13H,9-10H2,(H,18,19)(H2,17,20,21)/t13-/m1/s1. The highest BCUT2D eigenvalue weighted by molar-refractivity contribution is 7.89. The summed E-state index contributed by atoms with van der Waals surface area (Å²) < 4.78 is 28.1. The second-order valence-corrected chi connectivity index (χ2v) is 6.89. The summed E-state index contributed by atoms with van der Waals surface area (Å²) in [6.07, 6.45) is 0.654. The van der Waals surface area contributed by atoms with E-state index in [9.17, 15) is 13.2 Å². The molecule has 0 saturated heterocycles. The van der Waals surface area contributed by atoms with Crippen LogP contribution in [0, 0.1) is 0 Å². The minimum absolute atomic E-state index is 0.0244. The molecule has 7 heteroatoms. The number of hydrogen-bond donors (Lipinski definition) is 2. The van der Waals surface area contributed by atoms with Crippen LogP contribution < -0.4 is 15.2 Å². The van der Waals surface area contributed by atoms with E-state index >= 15 is 0 Å². The van der Waals surface area contributed by atoms with Crippen molar-refractivity contribution in [2.45, 2.75) is 17.4 Å². The van der Waals surface area contributed by atoms with Crippen molar-refractivity contribution in [1.82, 2.24) is 5.32 Å². The summed E-state index contributed by atoms with van der Waals surface area (Å²) in [5.74, 6) is 0.565. The van der Waals surface area contributed by atoms with Crippen molar-refractivity contribution in [1.29, 1.82) is 0 Å². The van der Waals surface area contributed by atoms with Crippen molar-refractivity contribution in [3.05, 3.63) is 59.7 Å². The lowest BCUT2D eigenvalue weighted by Gasteiger charge is -2.12. The molecule has 0 spiro atoms. The fraction of sp³-hybridized carbons (Fsp3) is 0.188. The first-order valence-electron chi connectivity index (χ1n) is 7.09. The third-order valence-electron chi connectivity index (χ3n) is 3.65. The largest absolute Gasteiger partial charge is 0.488 e. The predicted octanol–water partition coefficient (Wildman–Crippen LogP) is 1.07. The van der Waals surface area contributed by atoms with Gasteiger partial charge in [-0.2, -0.15) is 0 Å². The molecule has 0 unspecified atom stereocenters. The molecule has 23 heavy (non-hydrogen) atoms. The summed E-state index contributed by atoms with van der Waals surface area (Å²) in [4.78, 5) is 12.1. The quantitative estimate of drug-likeness (QED) is 0.875. The zero-order chi connectivity index (χ0) is 16.4. The van der Waals surface area contributed by atoms with Crippen molar-refractivity contribution in [2.75, 3.05) is 6.54 Å². The number of nitrogens with one attached hydrogen (secondary N) is 1. The van der Waals surface area contributed by atoms with Gasteiger partial charge in [0.2, 0.25) is 10.0 Å². The highest BCUT2D eigenvalue weighted by Crippen LogP contribution is 2.27. The molecule has 0 bridgehead atoms. The fourth-order valence-corrected chi connectivity index (χ4v) is 2.99. The Balaban J connectivity index is 1.58. The highest BCUT2D eigenvalue weighted by atomic mass is 32.2. The maximum atomic E-state index is 12.1. The smallest absolute Gasteiger partial charge is 0.251 e. The highest BCUT2D eigenvalue weighted by Gasteiger charge is 2.22. The first-order valence-corrected chi connectivity index (χ1v) is 8.64. The summed E-state index contributed by atoms with van der Waals surface area (Å²) in [7, 11) is -3.75. The van der Waals surface area contributed by atoms with Gasteiger partial charge < -0.3 is 10.1 Å². The van der Waals surface area contributed by atoms with Crippen LogP contribution >= 0.6 is 0 Å². The molecule has 120 valence electrons. The second kappa shape index (κ2) is 6.02. The summed E-state index contributed by atoms with van der Waals surface area (Å²) in [6.45, 7) is 0.379. The van der Waals surface area contributed by atoms with Gasteiger partial charge in [0.25, 0.3) is 5.91 Å². The Kier molecular flexibility index (Phi) is 4.06. The SMILES string of the molecule is NS(=O)(=O)c1ccc(C(=O)NC[C@H]2Cc3ccccc3O2)cc1. The summed E-state index contributed by atoms with van der Waals surface area (Å²) in [5.41, 5.74) is 1.50. The second-order valence-electron chi connectivity index (χ2n) is 5.33. The van der Waals surface area contributed by atoms with E-state index < -0.39 is 10.0 Å². The van der Waals surface area contributed by atoms with Gasteiger partial charge >= 0.3 is 0 Å². The van der Waals surface area contributed by atoms with Gasteiger partial charge in [-0.1, -0.05) is 18.2 Å². The number of carbonyl (C=O) groups is 1. The van der Waals surface area contributed by atoms with Gasteiger partial charge in [-0.3, -0.25) is 4.79 Å². The van der Waals surface area contributed by atoms with Crippen LogP contribution in [0.3, 0.4) is 0 Å². The molecular formula is C16H16N2O4S. The van der Waals surface area contributed by atoms with E-state index in [1.807, 2.05) is 24.3 Å². The molecular weight excluding hydrogens is 316 g/mol. The van der Waals surface area contributed by atoms with Gasteiger partial charge in [-0.25, -0.2) is 13.6 Å². The van der Waals surface area contributed by atoms with Gasteiger partial charge in [0.05, 0.1) is 11.4 Å². The third-order valence-corrected chi connectivity index (χ3v) is 4.58. The minimum atomic E-state index is -3.75. The molecule has 0 aromatic heterocycles. The zero-order valence-corrected chi connectivity index (χ0v) is 13.0. The monoisotopic (exact) mass is 332 g/mol. The topological polar surface area (TPSA) is 98.5 Å². The Morgan fingerprint density at radius 1 is 1.17 bits per heavy atom. The average Bonchev–Trinajstić information content (AvgIpc) is 2.95. The minimum Gasteiger partial charge on any atom is -0.488 e. The van der Waals surface area contributed by atoms with Gasteiger partial charge in [0.1, 0.15) is 11.9 Å². The molecule has 0 aliphatic carbocycles. The molecule has 0 saturated carbocycles. The predicted molar refractivity (Wildman–Crippen MR) is 84.7 cm³/mol. The number of ether oxygens (including phenoxy) is 1.